The molecule has 0 fully saturated rings. The Balaban J connectivity index is 2.28. The number of aryl methyl sites for hydroxylation is 2. The fraction of sp³-hybridized carbons (Fsp3) is 0.154. The van der Waals surface area contributed by atoms with Crippen LogP contribution >= 0.6 is 22.9 Å². The summed E-state index contributed by atoms with van der Waals surface area (Å²) >= 11 is 7.82. The van der Waals surface area contributed by atoms with Gasteiger partial charge < -0.3 is 0 Å². The highest BCUT2D eigenvalue weighted by Gasteiger charge is 2.12. The standard InChI is InChI=1S/C13H10ClN3S/c1-7-4-3-5-15-10(7)12-16-11(14)9-6-8(2)18-13(9)17-12/h3-6H,1-2H3. The summed E-state index contributed by atoms with van der Waals surface area (Å²) < 4.78 is 0. The minimum atomic E-state index is 0.490. The monoisotopic (exact) mass is 275 g/mol. The molecule has 0 saturated carbocycles. The van der Waals surface area contributed by atoms with Gasteiger partial charge in [0, 0.05) is 16.5 Å². The minimum absolute atomic E-state index is 0.490. The van der Waals surface area contributed by atoms with Crippen molar-refractivity contribution in [3.05, 3.63) is 40.0 Å². The normalized spacial score (nSPS) is 11.1. The Labute approximate surface area is 114 Å². The molecular formula is C13H10ClN3S. The van der Waals surface area contributed by atoms with E-state index in [0.717, 1.165) is 21.5 Å². The molecule has 3 rings (SSSR count). The lowest BCUT2D eigenvalue weighted by molar-refractivity contribution is 1.16. The molecule has 0 bridgehead atoms. The molecule has 0 amide bonds. The predicted molar refractivity (Wildman–Crippen MR) is 75.1 cm³/mol. The maximum atomic E-state index is 6.21. The van der Waals surface area contributed by atoms with Gasteiger partial charge in [0.2, 0.25) is 0 Å². The number of nitrogens with zero attached hydrogens (tertiary/aromatic N) is 3. The second-order valence-corrected chi connectivity index (χ2v) is 5.68. The lowest BCUT2D eigenvalue weighted by Crippen LogP contribution is -1.94. The van der Waals surface area contributed by atoms with Crippen LogP contribution in [-0.4, -0.2) is 15.0 Å². The highest BCUT2D eigenvalue weighted by molar-refractivity contribution is 7.18. The van der Waals surface area contributed by atoms with Crippen molar-refractivity contribution in [2.24, 2.45) is 0 Å². The van der Waals surface area contributed by atoms with Crippen LogP contribution < -0.4 is 0 Å². The van der Waals surface area contributed by atoms with Crippen molar-refractivity contribution < 1.29 is 0 Å². The van der Waals surface area contributed by atoms with Crippen LogP contribution in [0.2, 0.25) is 5.15 Å². The summed E-state index contributed by atoms with van der Waals surface area (Å²) in [5, 5.41) is 1.40. The molecular weight excluding hydrogens is 266 g/mol. The van der Waals surface area contributed by atoms with E-state index in [1.165, 1.54) is 4.88 Å². The average molecular weight is 276 g/mol. The van der Waals surface area contributed by atoms with Gasteiger partial charge in [-0.15, -0.1) is 11.3 Å². The summed E-state index contributed by atoms with van der Waals surface area (Å²) in [6.07, 6.45) is 1.74. The Hall–Kier alpha value is -1.52. The quantitative estimate of drug-likeness (QED) is 0.630. The van der Waals surface area contributed by atoms with E-state index in [9.17, 15) is 0 Å². The molecule has 0 aliphatic carbocycles. The molecule has 3 aromatic rings. The van der Waals surface area contributed by atoms with Crippen LogP contribution in [0.1, 0.15) is 10.4 Å². The zero-order chi connectivity index (χ0) is 12.7. The molecule has 3 aromatic heterocycles. The second kappa shape index (κ2) is 4.30. The lowest BCUT2D eigenvalue weighted by atomic mass is 10.2. The first-order chi connectivity index (χ1) is 8.65. The first-order valence-corrected chi connectivity index (χ1v) is 6.70. The van der Waals surface area contributed by atoms with Crippen molar-refractivity contribution in [3.8, 4) is 11.5 Å². The number of rotatable bonds is 1. The Bertz CT molecular complexity index is 736. The Morgan fingerprint density at radius 3 is 2.83 bits per heavy atom. The number of hydrogen-bond acceptors (Lipinski definition) is 4. The van der Waals surface area contributed by atoms with E-state index in [-0.39, 0.29) is 0 Å². The maximum absolute atomic E-state index is 6.21. The molecule has 0 spiro atoms. The van der Waals surface area contributed by atoms with Gasteiger partial charge in [-0.05, 0) is 31.5 Å². The third-order valence-electron chi connectivity index (χ3n) is 2.69. The van der Waals surface area contributed by atoms with Crippen LogP contribution in [0.25, 0.3) is 21.7 Å². The second-order valence-electron chi connectivity index (χ2n) is 4.08. The number of aromatic nitrogens is 3. The van der Waals surface area contributed by atoms with Crippen LogP contribution in [-0.2, 0) is 0 Å². The molecule has 5 heteroatoms. The fourth-order valence-electron chi connectivity index (χ4n) is 1.83. The largest absolute Gasteiger partial charge is 0.253 e. The van der Waals surface area contributed by atoms with E-state index in [1.54, 1.807) is 17.5 Å². The molecule has 0 atom stereocenters. The van der Waals surface area contributed by atoms with E-state index in [4.69, 9.17) is 11.6 Å². The third-order valence-corrected chi connectivity index (χ3v) is 3.92. The summed E-state index contributed by atoms with van der Waals surface area (Å²) in [4.78, 5) is 15.3. The van der Waals surface area contributed by atoms with Crippen LogP contribution in [0.5, 0.6) is 0 Å². The number of halogens is 1. The van der Waals surface area contributed by atoms with Crippen molar-refractivity contribution in [2.75, 3.05) is 0 Å². The molecule has 0 radical (unpaired) electrons. The van der Waals surface area contributed by atoms with Gasteiger partial charge in [-0.25, -0.2) is 9.97 Å². The van der Waals surface area contributed by atoms with Crippen molar-refractivity contribution in [1.29, 1.82) is 0 Å². The summed E-state index contributed by atoms with van der Waals surface area (Å²) in [6.45, 7) is 4.03. The van der Waals surface area contributed by atoms with Gasteiger partial charge in [-0.2, -0.15) is 0 Å². The smallest absolute Gasteiger partial charge is 0.181 e. The Morgan fingerprint density at radius 1 is 1.22 bits per heavy atom. The number of thiophene rings is 1. The molecule has 0 aliphatic rings. The molecule has 0 N–H and O–H groups in total. The van der Waals surface area contributed by atoms with E-state index in [1.807, 2.05) is 32.0 Å². The van der Waals surface area contributed by atoms with Gasteiger partial charge >= 0.3 is 0 Å². The molecule has 3 heterocycles. The van der Waals surface area contributed by atoms with Crippen molar-refractivity contribution in [2.45, 2.75) is 13.8 Å². The summed E-state index contributed by atoms with van der Waals surface area (Å²) in [5.74, 6) is 0.590. The SMILES string of the molecule is Cc1cc2c(Cl)nc(-c3ncccc3C)nc2s1. The molecule has 0 saturated heterocycles. The molecule has 0 unspecified atom stereocenters. The maximum Gasteiger partial charge on any atom is 0.181 e. The molecule has 18 heavy (non-hydrogen) atoms. The number of pyridine rings is 1. The molecule has 90 valence electrons. The Morgan fingerprint density at radius 2 is 2.06 bits per heavy atom. The van der Waals surface area contributed by atoms with Gasteiger partial charge in [-0.3, -0.25) is 4.98 Å². The first kappa shape index (κ1) is 11.6. The van der Waals surface area contributed by atoms with E-state index in [0.29, 0.717) is 11.0 Å². The van der Waals surface area contributed by atoms with Crippen molar-refractivity contribution in [1.82, 2.24) is 15.0 Å². The number of hydrogen-bond donors (Lipinski definition) is 0. The van der Waals surface area contributed by atoms with E-state index < -0.39 is 0 Å². The highest BCUT2D eigenvalue weighted by atomic mass is 35.5. The van der Waals surface area contributed by atoms with Crippen LogP contribution in [0.4, 0.5) is 0 Å². The van der Waals surface area contributed by atoms with Gasteiger partial charge in [-0.1, -0.05) is 17.7 Å². The van der Waals surface area contributed by atoms with Gasteiger partial charge in [0.15, 0.2) is 5.82 Å². The summed E-state index contributed by atoms with van der Waals surface area (Å²) in [5.41, 5.74) is 1.83. The van der Waals surface area contributed by atoms with Crippen LogP contribution in [0.3, 0.4) is 0 Å². The van der Waals surface area contributed by atoms with Gasteiger partial charge in [0.05, 0.1) is 0 Å². The average Bonchev–Trinajstić information content (AvgIpc) is 2.71. The number of fused-ring (bicyclic) bond motifs is 1. The zero-order valence-electron chi connectivity index (χ0n) is 9.94. The Kier molecular flexibility index (Phi) is 2.76. The lowest BCUT2D eigenvalue weighted by Gasteiger charge is -2.03. The topological polar surface area (TPSA) is 38.7 Å². The summed E-state index contributed by atoms with van der Waals surface area (Å²) in [6, 6.07) is 5.90. The fourth-order valence-corrected chi connectivity index (χ4v) is 2.99. The van der Waals surface area contributed by atoms with Crippen LogP contribution in [0, 0.1) is 13.8 Å². The summed E-state index contributed by atoms with van der Waals surface area (Å²) in [7, 11) is 0. The van der Waals surface area contributed by atoms with Gasteiger partial charge in [0.25, 0.3) is 0 Å². The molecule has 3 nitrogen and oxygen atoms in total. The third kappa shape index (κ3) is 1.87. The molecule has 0 aromatic carbocycles. The van der Waals surface area contributed by atoms with Gasteiger partial charge in [0.1, 0.15) is 15.7 Å². The zero-order valence-corrected chi connectivity index (χ0v) is 11.5. The first-order valence-electron chi connectivity index (χ1n) is 5.51. The minimum Gasteiger partial charge on any atom is -0.253 e. The van der Waals surface area contributed by atoms with Crippen LogP contribution in [0.15, 0.2) is 24.4 Å². The van der Waals surface area contributed by atoms with E-state index >= 15 is 0 Å². The van der Waals surface area contributed by atoms with Crippen molar-refractivity contribution in [3.63, 3.8) is 0 Å². The van der Waals surface area contributed by atoms with E-state index in [2.05, 4.69) is 15.0 Å². The van der Waals surface area contributed by atoms with Crippen molar-refractivity contribution >= 4 is 33.2 Å². The molecule has 0 aliphatic heterocycles. The predicted octanol–water partition coefficient (Wildman–Crippen LogP) is 4.02. The highest BCUT2D eigenvalue weighted by Crippen LogP contribution is 2.30.